The third kappa shape index (κ3) is 4.21. The number of unbranched alkanes of at least 4 members (excludes halogenated alkanes) is 2. The Hall–Kier alpha value is -1.22. The number of anilines is 2. The van der Waals surface area contributed by atoms with Crippen LogP contribution in [-0.4, -0.2) is 18.6 Å². The molecule has 15 heavy (non-hydrogen) atoms. The molecule has 0 fully saturated rings. The van der Waals surface area contributed by atoms with Crippen molar-refractivity contribution in [1.29, 1.82) is 0 Å². The summed E-state index contributed by atoms with van der Waals surface area (Å²) < 4.78 is 0. The van der Waals surface area contributed by atoms with Crippen LogP contribution in [0.3, 0.4) is 0 Å². The first-order chi connectivity index (χ1) is 7.24. The Morgan fingerprint density at radius 3 is 2.67 bits per heavy atom. The van der Waals surface area contributed by atoms with Crippen LogP contribution in [-0.2, 0) is 0 Å². The fourth-order valence-electron chi connectivity index (χ4n) is 1.46. The highest BCUT2D eigenvalue weighted by atomic mass is 15.5. The number of para-hydroxylation sites is 2. The normalized spacial score (nSPS) is 10.6. The summed E-state index contributed by atoms with van der Waals surface area (Å²) in [6.45, 7) is 3.25. The number of nitrogens with zero attached hydrogens (tertiary/aromatic N) is 1. The predicted octanol–water partition coefficient (Wildman–Crippen LogP) is 2.72. The molecule has 0 amide bonds. The second-order valence-corrected chi connectivity index (χ2v) is 3.83. The third-order valence-corrected chi connectivity index (χ3v) is 2.37. The standard InChI is InChI=1S/C12H21N3/c1-3-4-7-10-15(2)14-12-9-6-5-8-11(12)13/h5-6,8-9,14H,3-4,7,10,13H2,1-2H3. The van der Waals surface area contributed by atoms with Crippen molar-refractivity contribution in [2.75, 3.05) is 24.8 Å². The number of nitrogens with one attached hydrogen (secondary N) is 1. The minimum absolute atomic E-state index is 0.792. The first kappa shape index (κ1) is 11.9. The number of benzene rings is 1. The molecule has 0 unspecified atom stereocenters. The fourth-order valence-corrected chi connectivity index (χ4v) is 1.46. The van der Waals surface area contributed by atoms with Gasteiger partial charge >= 0.3 is 0 Å². The SMILES string of the molecule is CCCCCN(C)Nc1ccccc1N. The minimum Gasteiger partial charge on any atom is -0.397 e. The molecular weight excluding hydrogens is 186 g/mol. The molecule has 0 atom stereocenters. The van der Waals surface area contributed by atoms with Gasteiger partial charge in [-0.1, -0.05) is 31.9 Å². The highest BCUT2D eigenvalue weighted by Crippen LogP contribution is 2.17. The van der Waals surface area contributed by atoms with Crippen LogP contribution < -0.4 is 11.2 Å². The van der Waals surface area contributed by atoms with E-state index < -0.39 is 0 Å². The molecule has 3 nitrogen and oxygen atoms in total. The monoisotopic (exact) mass is 207 g/mol. The maximum Gasteiger partial charge on any atom is 0.0719 e. The van der Waals surface area contributed by atoms with Gasteiger partial charge < -0.3 is 11.2 Å². The van der Waals surface area contributed by atoms with Crippen molar-refractivity contribution in [3.63, 3.8) is 0 Å². The van der Waals surface area contributed by atoms with Gasteiger partial charge in [-0.25, -0.2) is 5.01 Å². The average Bonchev–Trinajstić information content (AvgIpc) is 2.22. The lowest BCUT2D eigenvalue weighted by Crippen LogP contribution is -2.26. The minimum atomic E-state index is 0.792. The van der Waals surface area contributed by atoms with Gasteiger partial charge in [-0.05, 0) is 18.6 Å². The highest BCUT2D eigenvalue weighted by molar-refractivity contribution is 5.64. The summed E-state index contributed by atoms with van der Waals surface area (Å²) in [6, 6.07) is 7.82. The molecule has 0 aliphatic carbocycles. The van der Waals surface area contributed by atoms with E-state index in [1.807, 2.05) is 31.3 Å². The number of hydrogen-bond acceptors (Lipinski definition) is 3. The molecule has 1 aromatic carbocycles. The van der Waals surface area contributed by atoms with Crippen molar-refractivity contribution in [2.24, 2.45) is 0 Å². The Labute approximate surface area is 92.2 Å². The molecule has 84 valence electrons. The maximum absolute atomic E-state index is 5.83. The van der Waals surface area contributed by atoms with Gasteiger partial charge in [0.2, 0.25) is 0 Å². The molecule has 0 spiro atoms. The quantitative estimate of drug-likeness (QED) is 0.428. The summed E-state index contributed by atoms with van der Waals surface area (Å²) >= 11 is 0. The summed E-state index contributed by atoms with van der Waals surface area (Å²) in [5.41, 5.74) is 10.9. The molecule has 1 aromatic rings. The molecule has 0 saturated carbocycles. The molecule has 3 heteroatoms. The maximum atomic E-state index is 5.83. The van der Waals surface area contributed by atoms with E-state index in [9.17, 15) is 0 Å². The van der Waals surface area contributed by atoms with Crippen molar-refractivity contribution in [1.82, 2.24) is 5.01 Å². The van der Waals surface area contributed by atoms with Gasteiger partial charge in [-0.3, -0.25) is 0 Å². The Balaban J connectivity index is 2.37. The van der Waals surface area contributed by atoms with E-state index in [2.05, 4.69) is 17.4 Å². The third-order valence-electron chi connectivity index (χ3n) is 2.37. The van der Waals surface area contributed by atoms with E-state index >= 15 is 0 Å². The molecule has 0 radical (unpaired) electrons. The Kier molecular flexibility index (Phi) is 4.98. The average molecular weight is 207 g/mol. The number of hydrogen-bond donors (Lipinski definition) is 2. The van der Waals surface area contributed by atoms with Gasteiger partial charge in [-0.15, -0.1) is 0 Å². The lowest BCUT2D eigenvalue weighted by Gasteiger charge is -2.20. The number of rotatable bonds is 6. The van der Waals surface area contributed by atoms with Crippen molar-refractivity contribution < 1.29 is 0 Å². The molecule has 3 N–H and O–H groups in total. The number of hydrazine groups is 1. The first-order valence-corrected chi connectivity index (χ1v) is 5.56. The van der Waals surface area contributed by atoms with Crippen LogP contribution in [0, 0.1) is 0 Å². The zero-order valence-electron chi connectivity index (χ0n) is 9.66. The van der Waals surface area contributed by atoms with Crippen LogP contribution in [0.25, 0.3) is 0 Å². The van der Waals surface area contributed by atoms with E-state index in [1.165, 1.54) is 19.3 Å². The van der Waals surface area contributed by atoms with Crippen molar-refractivity contribution in [3.05, 3.63) is 24.3 Å². The molecule has 0 saturated heterocycles. The molecule has 0 aliphatic rings. The van der Waals surface area contributed by atoms with Gasteiger partial charge in [-0.2, -0.15) is 0 Å². The highest BCUT2D eigenvalue weighted by Gasteiger charge is 2.00. The summed E-state index contributed by atoms with van der Waals surface area (Å²) in [7, 11) is 2.04. The Morgan fingerprint density at radius 1 is 1.27 bits per heavy atom. The van der Waals surface area contributed by atoms with E-state index in [1.54, 1.807) is 0 Å². The predicted molar refractivity (Wildman–Crippen MR) is 66.6 cm³/mol. The zero-order valence-corrected chi connectivity index (χ0v) is 9.66. The lowest BCUT2D eigenvalue weighted by atomic mass is 10.2. The van der Waals surface area contributed by atoms with E-state index in [0.717, 1.165) is 17.9 Å². The molecule has 0 aromatic heterocycles. The Bertz CT molecular complexity index is 286. The second-order valence-electron chi connectivity index (χ2n) is 3.83. The van der Waals surface area contributed by atoms with Crippen molar-refractivity contribution in [2.45, 2.75) is 26.2 Å². The molecule has 0 bridgehead atoms. The Morgan fingerprint density at radius 2 is 2.00 bits per heavy atom. The van der Waals surface area contributed by atoms with Crippen LogP contribution in [0.5, 0.6) is 0 Å². The molecule has 0 aliphatic heterocycles. The van der Waals surface area contributed by atoms with Crippen LogP contribution in [0.1, 0.15) is 26.2 Å². The summed E-state index contributed by atoms with van der Waals surface area (Å²) in [5, 5.41) is 2.08. The van der Waals surface area contributed by atoms with Crippen LogP contribution in [0.4, 0.5) is 11.4 Å². The van der Waals surface area contributed by atoms with Crippen LogP contribution in [0.2, 0.25) is 0 Å². The summed E-state index contributed by atoms with van der Waals surface area (Å²) in [4.78, 5) is 0. The van der Waals surface area contributed by atoms with Crippen molar-refractivity contribution in [3.8, 4) is 0 Å². The van der Waals surface area contributed by atoms with Crippen molar-refractivity contribution >= 4 is 11.4 Å². The van der Waals surface area contributed by atoms with Gasteiger partial charge in [0.15, 0.2) is 0 Å². The van der Waals surface area contributed by atoms with E-state index in [-0.39, 0.29) is 0 Å². The second kappa shape index (κ2) is 6.30. The number of nitrogen functional groups attached to an aromatic ring is 1. The van der Waals surface area contributed by atoms with E-state index in [4.69, 9.17) is 5.73 Å². The fraction of sp³-hybridized carbons (Fsp3) is 0.500. The van der Waals surface area contributed by atoms with E-state index in [0.29, 0.717) is 0 Å². The molecule has 1 rings (SSSR count). The lowest BCUT2D eigenvalue weighted by molar-refractivity contribution is 0.387. The van der Waals surface area contributed by atoms with Crippen LogP contribution in [0.15, 0.2) is 24.3 Å². The van der Waals surface area contributed by atoms with Gasteiger partial charge in [0.25, 0.3) is 0 Å². The molecular formula is C12H21N3. The van der Waals surface area contributed by atoms with Crippen LogP contribution >= 0.6 is 0 Å². The first-order valence-electron chi connectivity index (χ1n) is 5.56. The van der Waals surface area contributed by atoms with Gasteiger partial charge in [0.05, 0.1) is 11.4 Å². The van der Waals surface area contributed by atoms with Gasteiger partial charge in [0, 0.05) is 13.6 Å². The topological polar surface area (TPSA) is 41.3 Å². The summed E-state index contributed by atoms with van der Waals surface area (Å²) in [5.74, 6) is 0. The molecule has 0 heterocycles. The van der Waals surface area contributed by atoms with Gasteiger partial charge in [0.1, 0.15) is 0 Å². The largest absolute Gasteiger partial charge is 0.397 e. The summed E-state index contributed by atoms with van der Waals surface area (Å²) in [6.07, 6.45) is 3.74. The zero-order chi connectivity index (χ0) is 11.1. The number of nitrogens with two attached hydrogens (primary N) is 1. The smallest absolute Gasteiger partial charge is 0.0719 e.